The molecular formula is C12H25IO. The molecule has 0 fully saturated rings. The van der Waals surface area contributed by atoms with Gasteiger partial charge < -0.3 is 5.11 Å². The number of aliphatic hydroxyl groups excluding tert-OH is 1. The largest absolute Gasteiger partial charge is 0.392 e. The first kappa shape index (κ1) is 14.7. The van der Waals surface area contributed by atoms with Crippen LogP contribution in [-0.2, 0) is 0 Å². The van der Waals surface area contributed by atoms with Gasteiger partial charge in [-0.1, -0.05) is 75.0 Å². The molecule has 2 atom stereocenters. The maximum Gasteiger partial charge on any atom is 0.0657 e. The van der Waals surface area contributed by atoms with Gasteiger partial charge in [-0.25, -0.2) is 0 Å². The van der Waals surface area contributed by atoms with Crippen LogP contribution in [0.1, 0.15) is 65.2 Å². The van der Waals surface area contributed by atoms with E-state index in [0.717, 1.165) is 6.42 Å². The molecular weight excluding hydrogens is 287 g/mol. The number of unbranched alkanes of at least 4 members (excludes halogenated alkanes) is 4. The van der Waals surface area contributed by atoms with Gasteiger partial charge in [0.05, 0.1) is 6.10 Å². The van der Waals surface area contributed by atoms with Gasteiger partial charge in [0.25, 0.3) is 0 Å². The molecule has 0 aliphatic heterocycles. The third-order valence-corrected chi connectivity index (χ3v) is 4.06. The monoisotopic (exact) mass is 312 g/mol. The van der Waals surface area contributed by atoms with Gasteiger partial charge in [0.1, 0.15) is 0 Å². The number of aliphatic hydroxyl groups is 1. The standard InChI is InChI=1S/C12H25IO/c1-3-5-7-9-11(13)12(14)10-8-6-4-2/h11-12,14H,3-10H2,1-2H3/t11-,12-/m1/s1. The van der Waals surface area contributed by atoms with Crippen molar-refractivity contribution in [2.75, 3.05) is 0 Å². The number of hydrogen-bond donors (Lipinski definition) is 1. The van der Waals surface area contributed by atoms with E-state index >= 15 is 0 Å². The number of hydrogen-bond acceptors (Lipinski definition) is 1. The Morgan fingerprint density at radius 2 is 1.43 bits per heavy atom. The van der Waals surface area contributed by atoms with Crippen molar-refractivity contribution in [3.63, 3.8) is 0 Å². The highest BCUT2D eigenvalue weighted by molar-refractivity contribution is 14.1. The third-order valence-electron chi connectivity index (χ3n) is 2.60. The molecule has 0 saturated carbocycles. The van der Waals surface area contributed by atoms with E-state index in [1.165, 1.54) is 44.9 Å². The highest BCUT2D eigenvalue weighted by Crippen LogP contribution is 2.19. The fourth-order valence-corrected chi connectivity index (χ4v) is 2.37. The summed E-state index contributed by atoms with van der Waals surface area (Å²) in [6.45, 7) is 4.43. The fourth-order valence-electron chi connectivity index (χ4n) is 1.57. The van der Waals surface area contributed by atoms with Crippen LogP contribution in [0.2, 0.25) is 0 Å². The summed E-state index contributed by atoms with van der Waals surface area (Å²) in [5, 5.41) is 9.84. The molecule has 1 N–H and O–H groups in total. The zero-order valence-electron chi connectivity index (χ0n) is 9.64. The second kappa shape index (κ2) is 10.2. The fraction of sp³-hybridized carbons (Fsp3) is 1.00. The predicted molar refractivity (Wildman–Crippen MR) is 72.1 cm³/mol. The molecule has 0 heterocycles. The molecule has 0 saturated heterocycles. The molecule has 0 unspecified atom stereocenters. The molecule has 14 heavy (non-hydrogen) atoms. The molecule has 0 aromatic heterocycles. The van der Waals surface area contributed by atoms with E-state index in [9.17, 15) is 5.11 Å². The van der Waals surface area contributed by atoms with E-state index < -0.39 is 0 Å². The average molecular weight is 312 g/mol. The van der Waals surface area contributed by atoms with Gasteiger partial charge in [-0.05, 0) is 12.8 Å². The summed E-state index contributed by atoms with van der Waals surface area (Å²) < 4.78 is 0.469. The van der Waals surface area contributed by atoms with Gasteiger partial charge in [0.2, 0.25) is 0 Å². The van der Waals surface area contributed by atoms with Crippen molar-refractivity contribution in [1.29, 1.82) is 0 Å². The normalized spacial score (nSPS) is 15.4. The van der Waals surface area contributed by atoms with Gasteiger partial charge in [-0.3, -0.25) is 0 Å². The quantitative estimate of drug-likeness (QED) is 0.382. The molecule has 86 valence electrons. The van der Waals surface area contributed by atoms with Crippen LogP contribution in [0.25, 0.3) is 0 Å². The summed E-state index contributed by atoms with van der Waals surface area (Å²) in [6, 6.07) is 0. The Bertz CT molecular complexity index is 103. The van der Waals surface area contributed by atoms with Gasteiger partial charge in [0, 0.05) is 3.92 Å². The van der Waals surface area contributed by atoms with E-state index in [4.69, 9.17) is 0 Å². The zero-order valence-corrected chi connectivity index (χ0v) is 11.8. The Labute approximate surface area is 103 Å². The van der Waals surface area contributed by atoms with Crippen molar-refractivity contribution in [3.8, 4) is 0 Å². The first-order valence-corrected chi connectivity index (χ1v) is 7.29. The van der Waals surface area contributed by atoms with Gasteiger partial charge in [0.15, 0.2) is 0 Å². The van der Waals surface area contributed by atoms with E-state index in [2.05, 4.69) is 36.4 Å². The van der Waals surface area contributed by atoms with Crippen molar-refractivity contribution < 1.29 is 5.11 Å². The minimum absolute atomic E-state index is 0.0704. The molecule has 0 aliphatic rings. The second-order valence-corrected chi connectivity index (χ2v) is 5.67. The van der Waals surface area contributed by atoms with E-state index in [-0.39, 0.29) is 6.10 Å². The number of rotatable bonds is 9. The summed E-state index contributed by atoms with van der Waals surface area (Å²) in [7, 11) is 0. The van der Waals surface area contributed by atoms with Crippen molar-refractivity contribution in [1.82, 2.24) is 0 Å². The van der Waals surface area contributed by atoms with Crippen molar-refractivity contribution in [3.05, 3.63) is 0 Å². The van der Waals surface area contributed by atoms with Crippen LogP contribution < -0.4 is 0 Å². The smallest absolute Gasteiger partial charge is 0.0657 e. The van der Waals surface area contributed by atoms with E-state index in [1.54, 1.807) is 0 Å². The molecule has 0 rings (SSSR count). The summed E-state index contributed by atoms with van der Waals surface area (Å²) in [6.07, 6.45) is 9.65. The van der Waals surface area contributed by atoms with E-state index in [1.807, 2.05) is 0 Å². The topological polar surface area (TPSA) is 20.2 Å². The zero-order chi connectivity index (χ0) is 10.8. The van der Waals surface area contributed by atoms with Crippen LogP contribution >= 0.6 is 22.6 Å². The molecule has 0 amide bonds. The van der Waals surface area contributed by atoms with Crippen LogP contribution in [0.15, 0.2) is 0 Å². The summed E-state index contributed by atoms with van der Waals surface area (Å²) in [4.78, 5) is 0. The molecule has 2 heteroatoms. The third kappa shape index (κ3) is 8.04. The average Bonchev–Trinajstić information content (AvgIpc) is 2.18. The molecule has 0 radical (unpaired) electrons. The lowest BCUT2D eigenvalue weighted by Crippen LogP contribution is -2.19. The molecule has 0 aromatic carbocycles. The summed E-state index contributed by atoms with van der Waals surface area (Å²) in [5.74, 6) is 0. The van der Waals surface area contributed by atoms with Gasteiger partial charge in [-0.15, -0.1) is 0 Å². The molecule has 0 aromatic rings. The van der Waals surface area contributed by atoms with Crippen LogP contribution in [-0.4, -0.2) is 15.1 Å². The summed E-state index contributed by atoms with van der Waals surface area (Å²) in [5.41, 5.74) is 0. The molecule has 0 bridgehead atoms. The maximum absolute atomic E-state index is 9.84. The Balaban J connectivity index is 3.39. The van der Waals surface area contributed by atoms with Crippen molar-refractivity contribution in [2.45, 2.75) is 75.2 Å². The summed E-state index contributed by atoms with van der Waals surface area (Å²) >= 11 is 2.41. The SMILES string of the molecule is CCCCC[C@@H](O)[C@H](I)CCCCC. The Morgan fingerprint density at radius 1 is 0.929 bits per heavy atom. The number of alkyl halides is 1. The van der Waals surface area contributed by atoms with Crippen molar-refractivity contribution in [2.24, 2.45) is 0 Å². The Kier molecular flexibility index (Phi) is 10.7. The number of halogens is 1. The van der Waals surface area contributed by atoms with Crippen LogP contribution in [0.5, 0.6) is 0 Å². The first-order chi connectivity index (χ1) is 6.72. The second-order valence-electron chi connectivity index (χ2n) is 4.07. The van der Waals surface area contributed by atoms with Gasteiger partial charge >= 0.3 is 0 Å². The Morgan fingerprint density at radius 3 is 1.93 bits per heavy atom. The van der Waals surface area contributed by atoms with Crippen LogP contribution in [0.3, 0.4) is 0 Å². The lowest BCUT2D eigenvalue weighted by atomic mass is 10.0. The predicted octanol–water partition coefficient (Wildman–Crippen LogP) is 4.31. The molecule has 0 spiro atoms. The van der Waals surface area contributed by atoms with E-state index in [0.29, 0.717) is 3.92 Å². The Hall–Kier alpha value is 0.690. The van der Waals surface area contributed by atoms with Crippen LogP contribution in [0, 0.1) is 0 Å². The first-order valence-electron chi connectivity index (χ1n) is 6.04. The highest BCUT2D eigenvalue weighted by Gasteiger charge is 2.14. The lowest BCUT2D eigenvalue weighted by molar-refractivity contribution is 0.158. The lowest BCUT2D eigenvalue weighted by Gasteiger charge is -2.16. The van der Waals surface area contributed by atoms with Gasteiger partial charge in [-0.2, -0.15) is 0 Å². The minimum atomic E-state index is -0.0704. The maximum atomic E-state index is 9.84. The molecule has 0 aliphatic carbocycles. The molecule has 1 nitrogen and oxygen atoms in total. The highest BCUT2D eigenvalue weighted by atomic mass is 127. The van der Waals surface area contributed by atoms with Crippen molar-refractivity contribution >= 4 is 22.6 Å². The van der Waals surface area contributed by atoms with Crippen LogP contribution in [0.4, 0.5) is 0 Å². The minimum Gasteiger partial charge on any atom is -0.392 e.